The van der Waals surface area contributed by atoms with Gasteiger partial charge in [-0.1, -0.05) is 24.6 Å². The number of nitrogens with one attached hydrogen (secondary N) is 1. The Kier molecular flexibility index (Phi) is 4.11. The average Bonchev–Trinajstić information content (AvgIpc) is 3.27. The molecule has 3 atom stereocenters. The summed E-state index contributed by atoms with van der Waals surface area (Å²) in [6.07, 6.45) is 9.35. The predicted molar refractivity (Wildman–Crippen MR) is 93.1 cm³/mol. The van der Waals surface area contributed by atoms with Crippen LogP contribution in [0, 0.1) is 17.8 Å². The van der Waals surface area contributed by atoms with Crippen LogP contribution in [0.15, 0.2) is 36.5 Å². The largest absolute Gasteiger partial charge is 0.356 e. The number of para-hydroxylation sites is 1. The monoisotopic (exact) mass is 310 g/mol. The molecule has 3 unspecified atom stereocenters. The van der Waals surface area contributed by atoms with Gasteiger partial charge in [0, 0.05) is 31.2 Å². The molecule has 23 heavy (non-hydrogen) atoms. The summed E-state index contributed by atoms with van der Waals surface area (Å²) in [5, 5.41) is 4.41. The highest BCUT2D eigenvalue weighted by Gasteiger charge is 2.39. The van der Waals surface area contributed by atoms with Crippen LogP contribution in [-0.2, 0) is 11.3 Å². The molecule has 0 aliphatic heterocycles. The molecule has 2 aromatic rings. The lowest BCUT2D eigenvalue weighted by molar-refractivity contribution is -0.122. The third-order valence-corrected chi connectivity index (χ3v) is 5.91. The molecule has 2 fully saturated rings. The molecule has 2 aliphatic carbocycles. The molecule has 1 heterocycles. The lowest BCUT2D eigenvalue weighted by Crippen LogP contribution is -2.28. The summed E-state index contributed by atoms with van der Waals surface area (Å²) in [5.41, 5.74) is 1.28. The van der Waals surface area contributed by atoms with E-state index in [9.17, 15) is 4.79 Å². The van der Waals surface area contributed by atoms with E-state index in [-0.39, 0.29) is 5.91 Å². The van der Waals surface area contributed by atoms with Gasteiger partial charge in [-0.05, 0) is 61.0 Å². The van der Waals surface area contributed by atoms with Gasteiger partial charge in [-0.25, -0.2) is 0 Å². The van der Waals surface area contributed by atoms with Crippen LogP contribution in [-0.4, -0.2) is 17.0 Å². The van der Waals surface area contributed by atoms with Crippen LogP contribution in [0.25, 0.3) is 10.9 Å². The van der Waals surface area contributed by atoms with Gasteiger partial charge in [-0.2, -0.15) is 0 Å². The van der Waals surface area contributed by atoms with Crippen LogP contribution < -0.4 is 5.32 Å². The molecule has 4 rings (SSSR count). The first-order chi connectivity index (χ1) is 11.3. The Hall–Kier alpha value is -1.77. The van der Waals surface area contributed by atoms with E-state index >= 15 is 0 Å². The molecule has 2 saturated carbocycles. The predicted octanol–water partition coefficient (Wildman–Crippen LogP) is 3.97. The number of nitrogens with zero attached hydrogens (tertiary/aromatic N) is 1. The van der Waals surface area contributed by atoms with Crippen molar-refractivity contribution in [2.75, 3.05) is 6.54 Å². The Bertz CT molecular complexity index is 690. The maximum Gasteiger partial charge on any atom is 0.220 e. The number of fused-ring (bicyclic) bond motifs is 3. The standard InChI is InChI=1S/C20H26N2O/c23-20(14-18-13-15-6-7-17(18)12-15)21-9-3-10-22-11-8-16-4-1-2-5-19(16)22/h1-2,4-5,8,11,15,17-18H,3,6-7,9-10,12-14H2,(H,21,23). The van der Waals surface area contributed by atoms with E-state index < -0.39 is 0 Å². The first-order valence-corrected chi connectivity index (χ1v) is 9.10. The lowest BCUT2D eigenvalue weighted by atomic mass is 9.86. The first-order valence-electron chi connectivity index (χ1n) is 9.10. The average molecular weight is 310 g/mol. The molecule has 0 radical (unpaired) electrons. The second-order valence-electron chi connectivity index (χ2n) is 7.41. The molecular formula is C20H26N2O. The number of carbonyl (C=O) groups excluding carboxylic acids is 1. The summed E-state index contributed by atoms with van der Waals surface area (Å²) in [7, 11) is 0. The smallest absolute Gasteiger partial charge is 0.220 e. The van der Waals surface area contributed by atoms with Crippen molar-refractivity contribution in [3.63, 3.8) is 0 Å². The number of carbonyl (C=O) groups is 1. The fraction of sp³-hybridized carbons (Fsp3) is 0.550. The normalized spacial score (nSPS) is 26.0. The van der Waals surface area contributed by atoms with Crippen LogP contribution >= 0.6 is 0 Å². The molecular weight excluding hydrogens is 284 g/mol. The Morgan fingerprint density at radius 3 is 2.91 bits per heavy atom. The maximum absolute atomic E-state index is 12.1. The van der Waals surface area contributed by atoms with Crippen molar-refractivity contribution in [1.82, 2.24) is 9.88 Å². The van der Waals surface area contributed by atoms with E-state index in [1.54, 1.807) is 0 Å². The molecule has 1 N–H and O–H groups in total. The van der Waals surface area contributed by atoms with E-state index in [0.717, 1.165) is 37.8 Å². The quantitative estimate of drug-likeness (QED) is 0.805. The van der Waals surface area contributed by atoms with E-state index in [1.165, 1.54) is 36.6 Å². The van der Waals surface area contributed by atoms with Gasteiger partial charge in [0.05, 0.1) is 0 Å². The van der Waals surface area contributed by atoms with Gasteiger partial charge < -0.3 is 9.88 Å². The minimum atomic E-state index is 0.264. The minimum Gasteiger partial charge on any atom is -0.356 e. The molecule has 2 aliphatic rings. The number of benzene rings is 1. The van der Waals surface area contributed by atoms with E-state index in [2.05, 4.69) is 46.4 Å². The summed E-state index contributed by atoms with van der Waals surface area (Å²) in [5.74, 6) is 2.71. The molecule has 1 aromatic carbocycles. The van der Waals surface area contributed by atoms with Crippen molar-refractivity contribution >= 4 is 16.8 Å². The van der Waals surface area contributed by atoms with Crippen molar-refractivity contribution in [3.05, 3.63) is 36.5 Å². The van der Waals surface area contributed by atoms with Crippen molar-refractivity contribution in [1.29, 1.82) is 0 Å². The van der Waals surface area contributed by atoms with Gasteiger partial charge in [-0.3, -0.25) is 4.79 Å². The molecule has 2 bridgehead atoms. The fourth-order valence-corrected chi connectivity index (χ4v) is 4.75. The lowest BCUT2D eigenvalue weighted by Gasteiger charge is -2.20. The van der Waals surface area contributed by atoms with Crippen molar-refractivity contribution in [3.8, 4) is 0 Å². The number of aryl methyl sites for hydroxylation is 1. The highest BCUT2D eigenvalue weighted by molar-refractivity contribution is 5.79. The van der Waals surface area contributed by atoms with E-state index in [4.69, 9.17) is 0 Å². The number of aromatic nitrogens is 1. The van der Waals surface area contributed by atoms with Crippen LogP contribution in [0.2, 0.25) is 0 Å². The molecule has 1 aromatic heterocycles. The van der Waals surface area contributed by atoms with Gasteiger partial charge in [0.1, 0.15) is 0 Å². The Balaban J connectivity index is 1.20. The summed E-state index contributed by atoms with van der Waals surface area (Å²) in [6, 6.07) is 10.6. The number of amides is 1. The fourth-order valence-electron chi connectivity index (χ4n) is 4.75. The second kappa shape index (κ2) is 6.38. The molecule has 0 saturated heterocycles. The third kappa shape index (κ3) is 3.15. The van der Waals surface area contributed by atoms with Crippen molar-refractivity contribution < 1.29 is 4.79 Å². The van der Waals surface area contributed by atoms with Crippen LogP contribution in [0.3, 0.4) is 0 Å². The number of hydrogen-bond donors (Lipinski definition) is 1. The van der Waals surface area contributed by atoms with Gasteiger partial charge in [0.15, 0.2) is 0 Å². The zero-order valence-corrected chi connectivity index (χ0v) is 13.7. The van der Waals surface area contributed by atoms with Crippen molar-refractivity contribution in [2.45, 2.75) is 45.1 Å². The van der Waals surface area contributed by atoms with Crippen LogP contribution in [0.4, 0.5) is 0 Å². The Morgan fingerprint density at radius 2 is 2.09 bits per heavy atom. The van der Waals surface area contributed by atoms with Gasteiger partial charge in [0.2, 0.25) is 5.91 Å². The molecule has 122 valence electrons. The zero-order chi connectivity index (χ0) is 15.6. The summed E-state index contributed by atoms with van der Waals surface area (Å²) in [6.45, 7) is 1.74. The SMILES string of the molecule is O=C(CC1CC2CCC1C2)NCCCn1ccc2ccccc21. The van der Waals surface area contributed by atoms with E-state index in [1.807, 2.05) is 0 Å². The number of hydrogen-bond acceptors (Lipinski definition) is 1. The Morgan fingerprint density at radius 1 is 1.17 bits per heavy atom. The third-order valence-electron chi connectivity index (χ3n) is 5.91. The highest BCUT2D eigenvalue weighted by Crippen LogP contribution is 2.49. The topological polar surface area (TPSA) is 34.0 Å². The van der Waals surface area contributed by atoms with Gasteiger partial charge in [0.25, 0.3) is 0 Å². The summed E-state index contributed by atoms with van der Waals surface area (Å²) < 4.78 is 2.28. The summed E-state index contributed by atoms with van der Waals surface area (Å²) >= 11 is 0. The van der Waals surface area contributed by atoms with Gasteiger partial charge >= 0.3 is 0 Å². The Labute approximate surface area is 138 Å². The summed E-state index contributed by atoms with van der Waals surface area (Å²) in [4.78, 5) is 12.1. The maximum atomic E-state index is 12.1. The van der Waals surface area contributed by atoms with Crippen LogP contribution in [0.5, 0.6) is 0 Å². The molecule has 0 spiro atoms. The van der Waals surface area contributed by atoms with Crippen LogP contribution in [0.1, 0.15) is 38.5 Å². The molecule has 3 heteroatoms. The second-order valence-corrected chi connectivity index (χ2v) is 7.41. The van der Waals surface area contributed by atoms with Gasteiger partial charge in [-0.15, -0.1) is 0 Å². The molecule has 1 amide bonds. The van der Waals surface area contributed by atoms with Crippen molar-refractivity contribution in [2.24, 2.45) is 17.8 Å². The highest BCUT2D eigenvalue weighted by atomic mass is 16.1. The first kappa shape index (κ1) is 14.8. The van der Waals surface area contributed by atoms with E-state index in [0.29, 0.717) is 5.92 Å². The minimum absolute atomic E-state index is 0.264. The molecule has 3 nitrogen and oxygen atoms in total. The number of rotatable bonds is 6. The zero-order valence-electron chi connectivity index (χ0n) is 13.7.